The molecule has 0 amide bonds. The van der Waals surface area contributed by atoms with Crippen molar-refractivity contribution in [3.63, 3.8) is 0 Å². The monoisotopic (exact) mass is 468 g/mol. The van der Waals surface area contributed by atoms with Crippen LogP contribution in [0.5, 0.6) is 17.2 Å². The Morgan fingerprint density at radius 1 is 0.833 bits per heavy atom. The summed E-state index contributed by atoms with van der Waals surface area (Å²) in [4.78, 5) is 9.14. The van der Waals surface area contributed by atoms with Crippen LogP contribution in [0.25, 0.3) is 34.7 Å². The summed E-state index contributed by atoms with van der Waals surface area (Å²) in [6.07, 6.45) is 3.67. The van der Waals surface area contributed by atoms with E-state index in [1.165, 1.54) is 0 Å². The number of benzene rings is 2. The van der Waals surface area contributed by atoms with Crippen LogP contribution in [-0.4, -0.2) is 41.6 Å². The summed E-state index contributed by atoms with van der Waals surface area (Å²) in [5.41, 5.74) is 3.52. The van der Waals surface area contributed by atoms with Crippen LogP contribution in [0, 0.1) is 0 Å². The third-order valence-corrected chi connectivity index (χ3v) is 4.95. The lowest BCUT2D eigenvalue weighted by atomic mass is 10.1. The quantitative estimate of drug-likeness (QED) is 0.404. The average Bonchev–Trinajstić information content (AvgIpc) is 3.24. The maximum atomic E-state index is 5.51. The molecule has 30 heavy (non-hydrogen) atoms. The van der Waals surface area contributed by atoms with Gasteiger partial charge in [0.2, 0.25) is 11.3 Å². The van der Waals surface area contributed by atoms with E-state index in [2.05, 4.69) is 36.2 Å². The van der Waals surface area contributed by atoms with Crippen LogP contribution in [-0.2, 0) is 0 Å². The second-order valence-corrected chi connectivity index (χ2v) is 7.07. The highest BCUT2D eigenvalue weighted by Crippen LogP contribution is 2.36. The fourth-order valence-electron chi connectivity index (χ4n) is 2.95. The Labute approximate surface area is 180 Å². The first-order valence-electron chi connectivity index (χ1n) is 8.87. The molecule has 0 spiro atoms. The highest BCUT2D eigenvalue weighted by molar-refractivity contribution is 9.10. The molecule has 2 aromatic heterocycles. The van der Waals surface area contributed by atoms with Crippen LogP contribution in [0.2, 0.25) is 0 Å². The molecule has 0 unspecified atom stereocenters. The lowest BCUT2D eigenvalue weighted by molar-refractivity contribution is 0.314. The van der Waals surface area contributed by atoms with Gasteiger partial charge in [0.1, 0.15) is 17.2 Å². The minimum absolute atomic E-state index is 0.323. The molecule has 0 aliphatic heterocycles. The first-order chi connectivity index (χ1) is 14.6. The van der Waals surface area contributed by atoms with Crippen molar-refractivity contribution < 1.29 is 18.8 Å². The van der Waals surface area contributed by atoms with Crippen molar-refractivity contribution in [3.8, 4) is 28.5 Å². The van der Waals surface area contributed by atoms with Gasteiger partial charge in [0, 0.05) is 22.2 Å². The van der Waals surface area contributed by atoms with Gasteiger partial charge in [-0.1, -0.05) is 28.1 Å². The van der Waals surface area contributed by atoms with Crippen molar-refractivity contribution in [1.29, 1.82) is 0 Å². The van der Waals surface area contributed by atoms with Gasteiger partial charge in [-0.2, -0.15) is 0 Å². The van der Waals surface area contributed by atoms with Crippen molar-refractivity contribution in [3.05, 3.63) is 52.1 Å². The lowest BCUT2D eigenvalue weighted by Crippen LogP contribution is -1.96. The van der Waals surface area contributed by atoms with E-state index in [1.54, 1.807) is 33.5 Å². The van der Waals surface area contributed by atoms with Crippen molar-refractivity contribution in [2.45, 2.75) is 0 Å². The van der Waals surface area contributed by atoms with Gasteiger partial charge in [-0.05, 0) is 34.6 Å². The normalized spacial score (nSPS) is 11.2. The number of hydrogen-bond acceptors (Lipinski definition) is 8. The Balaban J connectivity index is 1.85. The fraction of sp³-hybridized carbons (Fsp3) is 0.143. The molecular formula is C21H17BrN4O4. The number of fused-ring (bicyclic) bond motifs is 1. The van der Waals surface area contributed by atoms with Gasteiger partial charge in [-0.25, -0.2) is 14.6 Å². The van der Waals surface area contributed by atoms with Crippen LogP contribution in [0.4, 0.5) is 0 Å². The number of halogens is 1. The summed E-state index contributed by atoms with van der Waals surface area (Å²) in [5.74, 6) is 1.83. The number of methoxy groups -OCH3 is 3. The van der Waals surface area contributed by atoms with E-state index >= 15 is 0 Å². The molecule has 9 heteroatoms. The average molecular weight is 469 g/mol. The minimum Gasteiger partial charge on any atom is -0.496 e. The number of aromatic nitrogens is 4. The molecule has 0 radical (unpaired) electrons. The molecular weight excluding hydrogens is 452 g/mol. The van der Waals surface area contributed by atoms with Crippen LogP contribution in [0.15, 0.2) is 45.5 Å². The molecule has 0 fully saturated rings. The van der Waals surface area contributed by atoms with Crippen LogP contribution in [0.1, 0.15) is 11.3 Å². The third kappa shape index (κ3) is 3.84. The van der Waals surface area contributed by atoms with Gasteiger partial charge in [0.25, 0.3) is 0 Å². The molecule has 8 nitrogen and oxygen atoms in total. The van der Waals surface area contributed by atoms with Crippen LogP contribution >= 0.6 is 15.9 Å². The fourth-order valence-corrected chi connectivity index (χ4v) is 3.21. The van der Waals surface area contributed by atoms with E-state index < -0.39 is 0 Å². The molecule has 0 aliphatic rings. The minimum atomic E-state index is 0.323. The smallest absolute Gasteiger partial charge is 0.243 e. The van der Waals surface area contributed by atoms with Gasteiger partial charge in [0.15, 0.2) is 0 Å². The largest absolute Gasteiger partial charge is 0.496 e. The van der Waals surface area contributed by atoms with Crippen molar-refractivity contribution >= 4 is 39.4 Å². The van der Waals surface area contributed by atoms with Gasteiger partial charge >= 0.3 is 0 Å². The Kier molecular flexibility index (Phi) is 5.62. The Morgan fingerprint density at radius 2 is 1.47 bits per heavy atom. The first-order valence-corrected chi connectivity index (χ1v) is 9.66. The third-order valence-electron chi connectivity index (χ3n) is 4.42. The van der Waals surface area contributed by atoms with Crippen molar-refractivity contribution in [1.82, 2.24) is 20.3 Å². The summed E-state index contributed by atoms with van der Waals surface area (Å²) in [7, 11) is 4.77. The molecule has 4 aromatic rings. The number of hydrogen-bond donors (Lipinski definition) is 0. The molecule has 0 saturated carbocycles. The van der Waals surface area contributed by atoms with Gasteiger partial charge < -0.3 is 14.2 Å². The standard InChI is InChI=1S/C21H17BrN4O4/c1-27-14-10-17(28-2)15(18(11-14)29-3)8-9-16-19(12-4-6-13(22)7-5-12)24-21-20(23-16)25-30-26-21/h4-11H,1-3H3/b9-8+. The predicted molar refractivity (Wildman–Crippen MR) is 116 cm³/mol. The zero-order chi connectivity index (χ0) is 21.1. The highest BCUT2D eigenvalue weighted by Gasteiger charge is 2.15. The molecule has 0 saturated heterocycles. The van der Waals surface area contributed by atoms with Crippen LogP contribution < -0.4 is 14.2 Å². The predicted octanol–water partition coefficient (Wildman–Crippen LogP) is 4.64. The summed E-state index contributed by atoms with van der Waals surface area (Å²) in [6.45, 7) is 0. The van der Waals surface area contributed by atoms with E-state index in [0.29, 0.717) is 39.9 Å². The van der Waals surface area contributed by atoms with Gasteiger partial charge in [0.05, 0.1) is 38.3 Å². The summed E-state index contributed by atoms with van der Waals surface area (Å²) in [6, 6.07) is 11.3. The molecule has 0 aliphatic carbocycles. The first kappa shape index (κ1) is 19.8. The molecule has 152 valence electrons. The second kappa shape index (κ2) is 8.50. The van der Waals surface area contributed by atoms with E-state index in [0.717, 1.165) is 15.6 Å². The number of nitrogens with zero attached hydrogens (tertiary/aromatic N) is 4. The molecule has 0 N–H and O–H groups in total. The molecule has 2 heterocycles. The van der Waals surface area contributed by atoms with Crippen LogP contribution in [0.3, 0.4) is 0 Å². The van der Waals surface area contributed by atoms with Gasteiger partial charge in [-0.15, -0.1) is 0 Å². The van der Waals surface area contributed by atoms with E-state index in [-0.39, 0.29) is 0 Å². The molecule has 0 atom stereocenters. The Morgan fingerprint density at radius 3 is 2.07 bits per heavy atom. The van der Waals surface area contributed by atoms with Crippen molar-refractivity contribution in [2.24, 2.45) is 0 Å². The van der Waals surface area contributed by atoms with Gasteiger partial charge in [-0.3, -0.25) is 0 Å². The molecule has 2 aromatic carbocycles. The summed E-state index contributed by atoms with van der Waals surface area (Å²) >= 11 is 3.45. The van der Waals surface area contributed by atoms with E-state index in [1.807, 2.05) is 36.4 Å². The number of rotatable bonds is 6. The lowest BCUT2D eigenvalue weighted by Gasteiger charge is -2.12. The molecule has 4 rings (SSSR count). The maximum Gasteiger partial charge on any atom is 0.243 e. The molecule has 0 bridgehead atoms. The second-order valence-electron chi connectivity index (χ2n) is 6.15. The summed E-state index contributed by atoms with van der Waals surface area (Å²) in [5, 5.41) is 7.62. The SMILES string of the molecule is COc1cc(OC)c(/C=C/c2nc3nonc3nc2-c2ccc(Br)cc2)c(OC)c1. The Hall–Kier alpha value is -3.46. The number of ether oxygens (including phenoxy) is 3. The maximum absolute atomic E-state index is 5.51. The summed E-state index contributed by atoms with van der Waals surface area (Å²) < 4.78 is 22.1. The van der Waals surface area contributed by atoms with E-state index in [4.69, 9.17) is 18.8 Å². The zero-order valence-corrected chi connectivity index (χ0v) is 18.0. The highest BCUT2D eigenvalue weighted by atomic mass is 79.9. The zero-order valence-electron chi connectivity index (χ0n) is 16.4. The van der Waals surface area contributed by atoms with Crippen molar-refractivity contribution in [2.75, 3.05) is 21.3 Å². The van der Waals surface area contributed by atoms with E-state index in [9.17, 15) is 0 Å². The Bertz CT molecular complexity index is 1200. The topological polar surface area (TPSA) is 92.4 Å².